The fourth-order valence-corrected chi connectivity index (χ4v) is 3.84. The Morgan fingerprint density at radius 2 is 2.33 bits per heavy atom. The topological polar surface area (TPSA) is 78.1 Å². The van der Waals surface area contributed by atoms with Gasteiger partial charge in [0.15, 0.2) is 5.82 Å². The molecule has 0 spiro atoms. The van der Waals surface area contributed by atoms with Gasteiger partial charge in [0, 0.05) is 38.2 Å². The Kier molecular flexibility index (Phi) is 2.85. The Morgan fingerprint density at radius 1 is 1.50 bits per heavy atom. The van der Waals surface area contributed by atoms with Crippen LogP contribution in [0.5, 0.6) is 0 Å². The summed E-state index contributed by atoms with van der Waals surface area (Å²) in [6, 6.07) is 0.192. The largest absolute Gasteiger partial charge is 0.363 e. The second kappa shape index (κ2) is 4.38. The molecule has 6 nitrogen and oxygen atoms in total. The first kappa shape index (κ1) is 11.7. The fraction of sp³-hybridized carbons (Fsp3) is 0.636. The van der Waals surface area contributed by atoms with Crippen LogP contribution in [0.1, 0.15) is 18.5 Å². The molecule has 0 aliphatic carbocycles. The molecule has 0 saturated carbocycles. The van der Waals surface area contributed by atoms with E-state index in [-0.39, 0.29) is 11.9 Å². The number of hydrogen-bond donors (Lipinski definition) is 2. The van der Waals surface area contributed by atoms with E-state index in [1.54, 1.807) is 4.90 Å². The van der Waals surface area contributed by atoms with Crippen molar-refractivity contribution in [1.29, 1.82) is 0 Å². The maximum Gasteiger partial charge on any atom is 0.222 e. The summed E-state index contributed by atoms with van der Waals surface area (Å²) in [4.78, 5) is 14.0. The van der Waals surface area contributed by atoms with Crippen LogP contribution >= 0.6 is 0 Å². The monoisotopic (exact) mass is 268 g/mol. The molecule has 1 fully saturated rings. The summed E-state index contributed by atoms with van der Waals surface area (Å²) in [6.45, 7) is 0.674. The number of amides is 1. The zero-order valence-electron chi connectivity index (χ0n) is 10.2. The lowest BCUT2D eigenvalue weighted by atomic mass is 10.1. The van der Waals surface area contributed by atoms with E-state index < -0.39 is 10.8 Å². The number of nitrogens with zero attached hydrogens (tertiary/aromatic N) is 2. The minimum absolute atomic E-state index is 0.184. The van der Waals surface area contributed by atoms with E-state index in [9.17, 15) is 9.00 Å². The number of aromatic nitrogens is 2. The summed E-state index contributed by atoms with van der Waals surface area (Å²) in [5.74, 6) is 1.57. The van der Waals surface area contributed by atoms with Crippen LogP contribution in [0.15, 0.2) is 4.90 Å². The van der Waals surface area contributed by atoms with Gasteiger partial charge in [0.1, 0.15) is 4.90 Å². The Balaban J connectivity index is 1.74. The predicted molar refractivity (Wildman–Crippen MR) is 67.8 cm³/mol. The normalized spacial score (nSPS) is 27.4. The van der Waals surface area contributed by atoms with Crippen LogP contribution in [0.2, 0.25) is 0 Å². The second-order valence-electron chi connectivity index (χ2n) is 4.83. The quantitative estimate of drug-likeness (QED) is 0.798. The molecule has 3 rings (SSSR count). The van der Waals surface area contributed by atoms with Crippen LogP contribution in [-0.4, -0.2) is 50.6 Å². The van der Waals surface area contributed by atoms with Gasteiger partial charge in [-0.15, -0.1) is 0 Å². The number of fused-ring (bicyclic) bond motifs is 1. The van der Waals surface area contributed by atoms with Crippen LogP contribution < -0.4 is 5.32 Å². The second-order valence-corrected chi connectivity index (χ2v) is 6.34. The summed E-state index contributed by atoms with van der Waals surface area (Å²) >= 11 is 0. The van der Waals surface area contributed by atoms with Gasteiger partial charge in [-0.05, 0) is 6.42 Å². The lowest BCUT2D eigenvalue weighted by Gasteiger charge is -2.30. The Labute approximate surface area is 108 Å². The van der Waals surface area contributed by atoms with Crippen LogP contribution in [0.3, 0.4) is 0 Å². The highest BCUT2D eigenvalue weighted by Crippen LogP contribution is 2.28. The molecule has 2 aliphatic heterocycles. The van der Waals surface area contributed by atoms with Gasteiger partial charge in [0.05, 0.1) is 16.5 Å². The summed E-state index contributed by atoms with van der Waals surface area (Å²) in [6.07, 6.45) is 2.17. The Bertz CT molecular complexity index is 513. The summed E-state index contributed by atoms with van der Waals surface area (Å²) in [5.41, 5.74) is 0.982. The first-order valence-electron chi connectivity index (χ1n) is 6.11. The molecule has 1 amide bonds. The lowest BCUT2D eigenvalue weighted by Crippen LogP contribution is -2.43. The maximum atomic E-state index is 11.9. The number of aryl methyl sites for hydroxylation is 1. The van der Waals surface area contributed by atoms with Gasteiger partial charge < -0.3 is 10.2 Å². The van der Waals surface area contributed by atoms with Gasteiger partial charge in [0.25, 0.3) is 0 Å². The number of piperidine rings is 1. The van der Waals surface area contributed by atoms with E-state index >= 15 is 0 Å². The average molecular weight is 268 g/mol. The number of likely N-dealkylation sites (N-methyl/N-ethyl adjacent to an activating group) is 1. The number of H-pyrrole nitrogens is 1. The molecule has 1 saturated heterocycles. The third-order valence-electron chi connectivity index (χ3n) is 3.52. The van der Waals surface area contributed by atoms with Gasteiger partial charge in [-0.2, -0.15) is 5.10 Å². The van der Waals surface area contributed by atoms with Crippen molar-refractivity contribution < 1.29 is 9.00 Å². The van der Waals surface area contributed by atoms with Gasteiger partial charge >= 0.3 is 0 Å². The molecular formula is C11H16N4O2S. The molecule has 3 heterocycles. The minimum atomic E-state index is -0.935. The third kappa shape index (κ3) is 1.92. The van der Waals surface area contributed by atoms with Gasteiger partial charge in [-0.25, -0.2) is 0 Å². The Hall–Kier alpha value is -1.37. The molecule has 18 heavy (non-hydrogen) atoms. The number of anilines is 1. The SMILES string of the molecule is CN1C[C@@H](Nc2n[nH]c3c2S(=O)CC3)CCC1=O. The van der Waals surface area contributed by atoms with Crippen molar-refractivity contribution in [3.63, 3.8) is 0 Å². The zero-order chi connectivity index (χ0) is 12.7. The minimum Gasteiger partial charge on any atom is -0.363 e. The van der Waals surface area contributed by atoms with Crippen molar-refractivity contribution in [1.82, 2.24) is 15.1 Å². The van der Waals surface area contributed by atoms with Crippen molar-refractivity contribution in [2.75, 3.05) is 24.7 Å². The molecule has 1 aromatic rings. The standard InChI is InChI=1S/C11H16N4O2S/c1-15-6-7(2-3-9(15)16)12-11-10-8(13-14-11)4-5-18(10)17/h7H,2-6H2,1H3,(H2,12,13,14)/t7-,18?/m0/s1. The summed E-state index contributed by atoms with van der Waals surface area (Å²) in [5, 5.41) is 10.4. The van der Waals surface area contributed by atoms with E-state index in [0.29, 0.717) is 24.5 Å². The van der Waals surface area contributed by atoms with Gasteiger partial charge in [-0.1, -0.05) is 0 Å². The predicted octanol–water partition coefficient (Wildman–Crippen LogP) is 0.106. The van der Waals surface area contributed by atoms with E-state index in [2.05, 4.69) is 15.5 Å². The van der Waals surface area contributed by atoms with E-state index in [4.69, 9.17) is 0 Å². The zero-order valence-corrected chi connectivity index (χ0v) is 11.0. The highest BCUT2D eigenvalue weighted by molar-refractivity contribution is 7.85. The number of carbonyl (C=O) groups excluding carboxylic acids is 1. The molecule has 0 aromatic carbocycles. The van der Waals surface area contributed by atoms with E-state index in [1.807, 2.05) is 7.05 Å². The van der Waals surface area contributed by atoms with Gasteiger partial charge in [-0.3, -0.25) is 14.1 Å². The molecule has 2 atom stereocenters. The maximum absolute atomic E-state index is 11.9. The van der Waals surface area contributed by atoms with Crippen LogP contribution in [-0.2, 0) is 22.0 Å². The number of carbonyl (C=O) groups is 1. The van der Waals surface area contributed by atoms with Crippen molar-refractivity contribution in [3.05, 3.63) is 5.69 Å². The number of aromatic amines is 1. The average Bonchev–Trinajstić information content (AvgIpc) is 2.89. The number of rotatable bonds is 2. The van der Waals surface area contributed by atoms with Crippen LogP contribution in [0.25, 0.3) is 0 Å². The highest BCUT2D eigenvalue weighted by Gasteiger charge is 2.28. The smallest absolute Gasteiger partial charge is 0.222 e. The fourth-order valence-electron chi connectivity index (χ4n) is 2.50. The van der Waals surface area contributed by atoms with Crippen molar-refractivity contribution >= 4 is 22.5 Å². The first-order valence-corrected chi connectivity index (χ1v) is 7.43. The molecule has 2 aliphatic rings. The molecule has 98 valence electrons. The summed E-state index contributed by atoms with van der Waals surface area (Å²) < 4.78 is 11.9. The third-order valence-corrected chi connectivity index (χ3v) is 4.99. The first-order chi connectivity index (χ1) is 8.65. The molecule has 2 N–H and O–H groups in total. The highest BCUT2D eigenvalue weighted by atomic mass is 32.2. The Morgan fingerprint density at radius 3 is 3.11 bits per heavy atom. The van der Waals surface area contributed by atoms with Crippen molar-refractivity contribution in [2.24, 2.45) is 0 Å². The summed E-state index contributed by atoms with van der Waals surface area (Å²) in [7, 11) is 0.874. The number of nitrogens with one attached hydrogen (secondary N) is 2. The molecule has 7 heteroatoms. The van der Waals surface area contributed by atoms with Crippen LogP contribution in [0.4, 0.5) is 5.82 Å². The van der Waals surface area contributed by atoms with Crippen molar-refractivity contribution in [2.45, 2.75) is 30.2 Å². The number of likely N-dealkylation sites (tertiary alicyclic amines) is 1. The molecular weight excluding hydrogens is 252 g/mol. The van der Waals surface area contributed by atoms with E-state index in [0.717, 1.165) is 23.4 Å². The number of hydrogen-bond acceptors (Lipinski definition) is 4. The van der Waals surface area contributed by atoms with E-state index in [1.165, 1.54) is 0 Å². The van der Waals surface area contributed by atoms with Crippen LogP contribution in [0, 0.1) is 0 Å². The molecule has 0 radical (unpaired) electrons. The molecule has 1 unspecified atom stereocenters. The van der Waals surface area contributed by atoms with Crippen molar-refractivity contribution in [3.8, 4) is 0 Å². The molecule has 0 bridgehead atoms. The van der Waals surface area contributed by atoms with Gasteiger partial charge in [0.2, 0.25) is 5.91 Å². The molecule has 1 aromatic heterocycles. The lowest BCUT2D eigenvalue weighted by molar-refractivity contribution is -0.132.